The van der Waals surface area contributed by atoms with E-state index in [2.05, 4.69) is 0 Å². The molecular weight excluding hydrogens is 172 g/mol. The molecule has 1 fully saturated rings. The summed E-state index contributed by atoms with van der Waals surface area (Å²) >= 11 is 0. The van der Waals surface area contributed by atoms with Crippen molar-refractivity contribution >= 4 is 0 Å². The zero-order chi connectivity index (χ0) is 9.68. The maximum atomic E-state index is 8.74. The lowest BCUT2D eigenvalue weighted by Crippen LogP contribution is -2.20. The fourth-order valence-electron chi connectivity index (χ4n) is 1.29. The second-order valence-corrected chi connectivity index (χ2v) is 2.97. The second kappa shape index (κ2) is 5.54. The Morgan fingerprint density at radius 2 is 1.85 bits per heavy atom. The Balaban J connectivity index is 2.15. The fourth-order valence-corrected chi connectivity index (χ4v) is 1.29. The summed E-state index contributed by atoms with van der Waals surface area (Å²) in [5, 5.41) is 8.74. The largest absolute Gasteiger partial charge is 0.394 e. The Bertz CT molecular complexity index is 134. The predicted octanol–water partition coefficient (Wildman–Crippen LogP) is 0.535. The summed E-state index contributed by atoms with van der Waals surface area (Å²) in [5.74, 6) is 0. The zero-order valence-corrected chi connectivity index (χ0v) is 8.23. The van der Waals surface area contributed by atoms with Crippen LogP contribution in [0.1, 0.15) is 20.3 Å². The molecule has 0 spiro atoms. The summed E-state index contributed by atoms with van der Waals surface area (Å²) in [4.78, 5) is 0. The summed E-state index contributed by atoms with van der Waals surface area (Å²) in [6.45, 7) is 5.24. The zero-order valence-electron chi connectivity index (χ0n) is 8.23. The van der Waals surface area contributed by atoms with Gasteiger partial charge in [0.1, 0.15) is 6.10 Å². The molecule has 4 heteroatoms. The molecule has 1 aliphatic rings. The van der Waals surface area contributed by atoms with Crippen LogP contribution in [0.2, 0.25) is 0 Å². The molecule has 0 unspecified atom stereocenters. The monoisotopic (exact) mass is 190 g/mol. The van der Waals surface area contributed by atoms with Crippen molar-refractivity contribution in [3.63, 3.8) is 0 Å². The van der Waals surface area contributed by atoms with Gasteiger partial charge >= 0.3 is 0 Å². The Morgan fingerprint density at radius 1 is 1.23 bits per heavy atom. The molecular formula is C9H18O4. The number of ether oxygens (including phenoxy) is 3. The number of hydrogen-bond acceptors (Lipinski definition) is 4. The van der Waals surface area contributed by atoms with Gasteiger partial charge in [-0.3, -0.25) is 0 Å². The van der Waals surface area contributed by atoms with Crippen molar-refractivity contribution in [1.29, 1.82) is 0 Å². The fraction of sp³-hybridized carbons (Fsp3) is 1.00. The Hall–Kier alpha value is -0.160. The lowest BCUT2D eigenvalue weighted by molar-refractivity contribution is -0.141. The van der Waals surface area contributed by atoms with Gasteiger partial charge in [-0.1, -0.05) is 0 Å². The van der Waals surface area contributed by atoms with Crippen LogP contribution in [-0.4, -0.2) is 43.4 Å². The normalized spacial score (nSPS) is 26.8. The van der Waals surface area contributed by atoms with E-state index >= 15 is 0 Å². The first-order valence-corrected chi connectivity index (χ1v) is 4.81. The van der Waals surface area contributed by atoms with Crippen LogP contribution >= 0.6 is 0 Å². The third-order valence-electron chi connectivity index (χ3n) is 2.00. The molecule has 0 bridgehead atoms. The average Bonchev–Trinajstić information content (AvgIpc) is 2.84. The molecule has 0 aromatic carbocycles. The van der Waals surface area contributed by atoms with Crippen LogP contribution in [0.4, 0.5) is 0 Å². The number of epoxide rings is 1. The van der Waals surface area contributed by atoms with Crippen LogP contribution in [0.25, 0.3) is 0 Å². The molecule has 1 aliphatic heterocycles. The van der Waals surface area contributed by atoms with Gasteiger partial charge in [-0.2, -0.15) is 0 Å². The second-order valence-electron chi connectivity index (χ2n) is 2.97. The van der Waals surface area contributed by atoms with E-state index in [4.69, 9.17) is 19.3 Å². The van der Waals surface area contributed by atoms with E-state index in [1.54, 1.807) is 0 Å². The first-order valence-electron chi connectivity index (χ1n) is 4.81. The molecule has 13 heavy (non-hydrogen) atoms. The average molecular weight is 190 g/mol. The quantitative estimate of drug-likeness (QED) is 0.470. The van der Waals surface area contributed by atoms with E-state index in [1.807, 2.05) is 13.8 Å². The Labute approximate surface area is 78.8 Å². The molecule has 0 aliphatic carbocycles. The van der Waals surface area contributed by atoms with E-state index in [9.17, 15) is 0 Å². The first-order chi connectivity index (χ1) is 6.31. The summed E-state index contributed by atoms with van der Waals surface area (Å²) in [7, 11) is 0. The molecule has 1 heterocycles. The van der Waals surface area contributed by atoms with Crippen molar-refractivity contribution in [3.05, 3.63) is 0 Å². The van der Waals surface area contributed by atoms with E-state index in [-0.39, 0.29) is 25.1 Å². The third kappa shape index (κ3) is 3.60. The third-order valence-corrected chi connectivity index (χ3v) is 2.00. The highest BCUT2D eigenvalue weighted by Crippen LogP contribution is 2.27. The van der Waals surface area contributed by atoms with Crippen LogP contribution in [0, 0.1) is 0 Å². The van der Waals surface area contributed by atoms with E-state index in [0.717, 1.165) is 0 Å². The summed E-state index contributed by atoms with van der Waals surface area (Å²) in [6.07, 6.45) is 0.653. The van der Waals surface area contributed by atoms with Crippen molar-refractivity contribution < 1.29 is 19.3 Å². The van der Waals surface area contributed by atoms with Gasteiger partial charge in [0.25, 0.3) is 0 Å². The van der Waals surface area contributed by atoms with Gasteiger partial charge in [0.15, 0.2) is 6.29 Å². The van der Waals surface area contributed by atoms with Gasteiger partial charge in [0, 0.05) is 19.6 Å². The van der Waals surface area contributed by atoms with Crippen LogP contribution in [-0.2, 0) is 14.2 Å². The molecule has 4 nitrogen and oxygen atoms in total. The van der Waals surface area contributed by atoms with Crippen molar-refractivity contribution in [1.82, 2.24) is 0 Å². The lowest BCUT2D eigenvalue weighted by Gasteiger charge is -2.15. The maximum absolute atomic E-state index is 8.74. The molecule has 2 atom stereocenters. The minimum Gasteiger partial charge on any atom is -0.394 e. The smallest absolute Gasteiger partial charge is 0.160 e. The summed E-state index contributed by atoms with van der Waals surface area (Å²) < 4.78 is 15.9. The van der Waals surface area contributed by atoms with E-state index in [0.29, 0.717) is 19.6 Å². The molecule has 0 radical (unpaired) electrons. The predicted molar refractivity (Wildman–Crippen MR) is 47.4 cm³/mol. The van der Waals surface area contributed by atoms with Crippen LogP contribution in [0.3, 0.4) is 0 Å². The molecule has 78 valence electrons. The molecule has 0 amide bonds. The van der Waals surface area contributed by atoms with Crippen molar-refractivity contribution in [2.24, 2.45) is 0 Å². The van der Waals surface area contributed by atoms with Gasteiger partial charge in [0.2, 0.25) is 0 Å². The van der Waals surface area contributed by atoms with Crippen LogP contribution in [0.15, 0.2) is 0 Å². The molecule has 0 aromatic rings. The van der Waals surface area contributed by atoms with Crippen molar-refractivity contribution in [2.45, 2.75) is 38.8 Å². The SMILES string of the molecule is CCOC(C[C@H]1O[C@@H]1CO)OCC. The van der Waals surface area contributed by atoms with Crippen LogP contribution in [0.5, 0.6) is 0 Å². The number of hydrogen-bond donors (Lipinski definition) is 1. The van der Waals surface area contributed by atoms with Gasteiger partial charge in [-0.05, 0) is 13.8 Å². The Morgan fingerprint density at radius 3 is 2.23 bits per heavy atom. The van der Waals surface area contributed by atoms with Crippen molar-refractivity contribution in [3.8, 4) is 0 Å². The highest BCUT2D eigenvalue weighted by Gasteiger charge is 2.40. The topological polar surface area (TPSA) is 51.2 Å². The summed E-state index contributed by atoms with van der Waals surface area (Å²) in [5.41, 5.74) is 0. The van der Waals surface area contributed by atoms with Gasteiger partial charge in [0.05, 0.1) is 12.7 Å². The highest BCUT2D eigenvalue weighted by molar-refractivity contribution is 4.84. The molecule has 1 saturated heterocycles. The van der Waals surface area contributed by atoms with Crippen molar-refractivity contribution in [2.75, 3.05) is 19.8 Å². The van der Waals surface area contributed by atoms with E-state index in [1.165, 1.54) is 0 Å². The molecule has 1 N–H and O–H groups in total. The van der Waals surface area contributed by atoms with Gasteiger partial charge < -0.3 is 19.3 Å². The molecule has 0 aromatic heterocycles. The van der Waals surface area contributed by atoms with Gasteiger partial charge in [-0.15, -0.1) is 0 Å². The number of rotatable bonds is 7. The lowest BCUT2D eigenvalue weighted by atomic mass is 10.2. The molecule has 1 rings (SSSR count). The van der Waals surface area contributed by atoms with Crippen LogP contribution < -0.4 is 0 Å². The van der Waals surface area contributed by atoms with E-state index < -0.39 is 0 Å². The highest BCUT2D eigenvalue weighted by atomic mass is 16.7. The minimum atomic E-state index is -0.184. The standard InChI is InChI=1S/C9H18O4/c1-3-11-9(12-4-2)5-7-8(6-10)13-7/h7-10H,3-6H2,1-2H3/t7-,8-/m1/s1. The number of aliphatic hydroxyl groups excluding tert-OH is 1. The summed E-state index contributed by atoms with van der Waals surface area (Å²) in [6, 6.07) is 0. The molecule has 0 saturated carbocycles. The van der Waals surface area contributed by atoms with Gasteiger partial charge in [-0.25, -0.2) is 0 Å². The first kappa shape index (κ1) is 10.9. The maximum Gasteiger partial charge on any atom is 0.160 e. The minimum absolute atomic E-state index is 0.00316. The number of aliphatic hydroxyl groups is 1. The Kier molecular flexibility index (Phi) is 4.66.